The zero-order valence-electron chi connectivity index (χ0n) is 10.2. The average molecular weight is 229 g/mol. The summed E-state index contributed by atoms with van der Waals surface area (Å²) in [6, 6.07) is 8.40. The molecule has 1 unspecified atom stereocenters. The Hall–Kier alpha value is -1.32. The minimum absolute atomic E-state index is 0.0589. The normalized spacial score (nSPS) is 19.5. The van der Waals surface area contributed by atoms with Crippen LogP contribution in [0.3, 0.4) is 0 Å². The van der Waals surface area contributed by atoms with E-state index in [9.17, 15) is 0 Å². The number of aryl methyl sites for hydroxylation is 1. The lowest BCUT2D eigenvalue weighted by Crippen LogP contribution is -2.29. The van der Waals surface area contributed by atoms with Crippen LogP contribution >= 0.6 is 0 Å². The molecule has 3 nitrogen and oxygen atoms in total. The number of nitrogens with one attached hydrogen (secondary N) is 1. The molecule has 90 valence electrons. The van der Waals surface area contributed by atoms with Crippen LogP contribution in [0.4, 0.5) is 0 Å². The zero-order chi connectivity index (χ0) is 12.0. The molecule has 1 fully saturated rings. The number of hydrogen-bond donors (Lipinski definition) is 3. The van der Waals surface area contributed by atoms with Gasteiger partial charge in [-0.05, 0) is 37.9 Å². The van der Waals surface area contributed by atoms with Gasteiger partial charge in [0.1, 0.15) is 0 Å². The Kier molecular flexibility index (Phi) is 2.28. The van der Waals surface area contributed by atoms with Gasteiger partial charge in [-0.25, -0.2) is 0 Å². The third-order valence-corrected chi connectivity index (χ3v) is 4.21. The van der Waals surface area contributed by atoms with Crippen LogP contribution in [0.15, 0.2) is 24.3 Å². The monoisotopic (exact) mass is 229 g/mol. The smallest absolute Gasteiger partial charge is 0.0459 e. The molecule has 17 heavy (non-hydrogen) atoms. The van der Waals surface area contributed by atoms with Crippen LogP contribution < -0.4 is 11.5 Å². The summed E-state index contributed by atoms with van der Waals surface area (Å²) in [6.07, 6.45) is 2.31. The molecule has 2 aromatic rings. The first kappa shape index (κ1) is 10.8. The van der Waals surface area contributed by atoms with Crippen molar-refractivity contribution in [2.24, 2.45) is 16.9 Å². The maximum atomic E-state index is 6.46. The molecular weight excluding hydrogens is 210 g/mol. The van der Waals surface area contributed by atoms with Gasteiger partial charge < -0.3 is 16.5 Å². The number of hydrogen-bond acceptors (Lipinski definition) is 2. The van der Waals surface area contributed by atoms with Crippen LogP contribution in [-0.2, 0) is 0 Å². The fraction of sp³-hybridized carbons (Fsp3) is 0.429. The lowest BCUT2D eigenvalue weighted by Gasteiger charge is -2.22. The Morgan fingerprint density at radius 3 is 2.71 bits per heavy atom. The van der Waals surface area contributed by atoms with E-state index in [2.05, 4.69) is 30.1 Å². The predicted octanol–water partition coefficient (Wildman–Crippen LogP) is 2.22. The molecule has 0 amide bonds. The van der Waals surface area contributed by atoms with Gasteiger partial charge in [0.2, 0.25) is 0 Å². The summed E-state index contributed by atoms with van der Waals surface area (Å²) < 4.78 is 0. The number of para-hydroxylation sites is 1. The van der Waals surface area contributed by atoms with Crippen molar-refractivity contribution in [3.8, 4) is 0 Å². The zero-order valence-corrected chi connectivity index (χ0v) is 10.2. The molecule has 1 heterocycles. The van der Waals surface area contributed by atoms with Gasteiger partial charge in [0.25, 0.3) is 0 Å². The van der Waals surface area contributed by atoms with E-state index in [1.807, 2.05) is 6.07 Å². The molecule has 1 atom stereocenters. The highest BCUT2D eigenvalue weighted by molar-refractivity contribution is 5.85. The van der Waals surface area contributed by atoms with E-state index in [-0.39, 0.29) is 11.5 Å². The lowest BCUT2D eigenvalue weighted by atomic mass is 9.89. The molecule has 1 saturated carbocycles. The SMILES string of the molecule is Cc1[nH]c2ccccc2c1C(N)C1(CN)CC1. The average Bonchev–Trinajstić information content (AvgIpc) is 3.06. The van der Waals surface area contributed by atoms with Crippen molar-refractivity contribution in [1.82, 2.24) is 4.98 Å². The fourth-order valence-corrected chi connectivity index (χ4v) is 2.81. The van der Waals surface area contributed by atoms with Crippen LogP contribution in [0.25, 0.3) is 10.9 Å². The summed E-state index contributed by atoms with van der Waals surface area (Å²) in [4.78, 5) is 3.41. The number of aromatic amines is 1. The molecular formula is C14H19N3. The molecule has 0 spiro atoms. The van der Waals surface area contributed by atoms with Crippen LogP contribution in [0.5, 0.6) is 0 Å². The van der Waals surface area contributed by atoms with Crippen molar-refractivity contribution in [2.75, 3.05) is 6.54 Å². The quantitative estimate of drug-likeness (QED) is 0.755. The largest absolute Gasteiger partial charge is 0.358 e. The van der Waals surface area contributed by atoms with Crippen molar-refractivity contribution in [1.29, 1.82) is 0 Å². The lowest BCUT2D eigenvalue weighted by molar-refractivity contribution is 0.420. The van der Waals surface area contributed by atoms with Crippen molar-refractivity contribution in [2.45, 2.75) is 25.8 Å². The van der Waals surface area contributed by atoms with E-state index in [4.69, 9.17) is 11.5 Å². The van der Waals surface area contributed by atoms with Gasteiger partial charge in [-0.1, -0.05) is 18.2 Å². The predicted molar refractivity (Wildman–Crippen MR) is 70.7 cm³/mol. The third kappa shape index (κ3) is 1.50. The topological polar surface area (TPSA) is 67.8 Å². The number of rotatable bonds is 3. The van der Waals surface area contributed by atoms with Crippen molar-refractivity contribution in [3.63, 3.8) is 0 Å². The molecule has 0 bridgehead atoms. The van der Waals surface area contributed by atoms with Crippen LogP contribution in [0.1, 0.15) is 30.1 Å². The van der Waals surface area contributed by atoms with E-state index < -0.39 is 0 Å². The molecule has 1 aromatic heterocycles. The molecule has 3 rings (SSSR count). The Morgan fingerprint density at radius 2 is 2.06 bits per heavy atom. The van der Waals surface area contributed by atoms with Gasteiger partial charge in [0.05, 0.1) is 0 Å². The molecule has 1 aliphatic carbocycles. The van der Waals surface area contributed by atoms with Gasteiger partial charge in [0, 0.05) is 28.1 Å². The second-order valence-electron chi connectivity index (χ2n) is 5.25. The Balaban J connectivity index is 2.13. The standard InChI is InChI=1S/C14H19N3/c1-9-12(13(16)14(8-15)6-7-14)10-4-2-3-5-11(10)17-9/h2-5,13,17H,6-8,15-16H2,1H3. The van der Waals surface area contributed by atoms with Gasteiger partial charge in [-0.15, -0.1) is 0 Å². The molecule has 3 heteroatoms. The third-order valence-electron chi connectivity index (χ3n) is 4.21. The maximum absolute atomic E-state index is 6.46. The molecule has 0 aliphatic heterocycles. The number of nitrogens with two attached hydrogens (primary N) is 2. The van der Waals surface area contributed by atoms with Crippen LogP contribution in [0.2, 0.25) is 0 Å². The minimum atomic E-state index is 0.0589. The van der Waals surface area contributed by atoms with E-state index >= 15 is 0 Å². The Morgan fingerprint density at radius 1 is 1.35 bits per heavy atom. The first-order valence-electron chi connectivity index (χ1n) is 6.21. The molecule has 0 radical (unpaired) electrons. The van der Waals surface area contributed by atoms with Gasteiger partial charge in [-0.2, -0.15) is 0 Å². The summed E-state index contributed by atoms with van der Waals surface area (Å²) >= 11 is 0. The Labute approximate surface area is 101 Å². The molecule has 0 saturated heterocycles. The van der Waals surface area contributed by atoms with Crippen molar-refractivity contribution in [3.05, 3.63) is 35.5 Å². The van der Waals surface area contributed by atoms with Crippen LogP contribution in [-0.4, -0.2) is 11.5 Å². The summed E-state index contributed by atoms with van der Waals surface area (Å²) in [7, 11) is 0. The van der Waals surface area contributed by atoms with Crippen molar-refractivity contribution >= 4 is 10.9 Å². The van der Waals surface area contributed by atoms with Crippen LogP contribution in [0, 0.1) is 12.3 Å². The molecule has 1 aromatic carbocycles. The highest BCUT2D eigenvalue weighted by Crippen LogP contribution is 2.54. The fourth-order valence-electron chi connectivity index (χ4n) is 2.81. The number of fused-ring (bicyclic) bond motifs is 1. The maximum Gasteiger partial charge on any atom is 0.0459 e. The van der Waals surface area contributed by atoms with E-state index in [0.29, 0.717) is 6.54 Å². The van der Waals surface area contributed by atoms with E-state index in [1.54, 1.807) is 0 Å². The summed E-state index contributed by atoms with van der Waals surface area (Å²) in [6.45, 7) is 2.79. The second kappa shape index (κ2) is 3.59. The first-order valence-corrected chi connectivity index (χ1v) is 6.21. The Bertz CT molecular complexity index is 552. The van der Waals surface area contributed by atoms with Gasteiger partial charge in [0.15, 0.2) is 0 Å². The number of aromatic nitrogens is 1. The van der Waals surface area contributed by atoms with Gasteiger partial charge >= 0.3 is 0 Å². The van der Waals surface area contributed by atoms with Gasteiger partial charge in [-0.3, -0.25) is 0 Å². The first-order chi connectivity index (χ1) is 8.18. The van der Waals surface area contributed by atoms with E-state index in [0.717, 1.165) is 12.8 Å². The van der Waals surface area contributed by atoms with Crippen molar-refractivity contribution < 1.29 is 0 Å². The summed E-state index contributed by atoms with van der Waals surface area (Å²) in [5, 5.41) is 1.25. The molecule has 1 aliphatic rings. The highest BCUT2D eigenvalue weighted by atomic mass is 14.8. The number of H-pyrrole nitrogens is 1. The van der Waals surface area contributed by atoms with E-state index in [1.165, 1.54) is 22.2 Å². The number of benzene rings is 1. The summed E-state index contributed by atoms with van der Waals surface area (Å²) in [5.41, 5.74) is 16.1. The minimum Gasteiger partial charge on any atom is -0.358 e. The molecule has 5 N–H and O–H groups in total. The second-order valence-corrected chi connectivity index (χ2v) is 5.25. The highest BCUT2D eigenvalue weighted by Gasteiger charge is 2.48. The summed E-state index contributed by atoms with van der Waals surface area (Å²) in [5.74, 6) is 0.